The summed E-state index contributed by atoms with van der Waals surface area (Å²) in [6.45, 7) is 1.91. The van der Waals surface area contributed by atoms with Gasteiger partial charge in [0.2, 0.25) is 5.95 Å². The minimum Gasteiger partial charge on any atom is -0.462 e. The summed E-state index contributed by atoms with van der Waals surface area (Å²) < 4.78 is 32.5. The van der Waals surface area contributed by atoms with Crippen molar-refractivity contribution in [3.05, 3.63) is 77.6 Å². The molecule has 0 aliphatic rings. The average Bonchev–Trinajstić information content (AvgIpc) is 2.71. The van der Waals surface area contributed by atoms with Crippen LogP contribution in [0.3, 0.4) is 0 Å². The van der Waals surface area contributed by atoms with Crippen LogP contribution in [0.15, 0.2) is 54.7 Å². The smallest absolute Gasteiger partial charge is 0.340 e. The molecule has 9 heteroatoms. The number of para-hydroxylation sites is 2. The highest BCUT2D eigenvalue weighted by Crippen LogP contribution is 2.21. The van der Waals surface area contributed by atoms with Crippen LogP contribution in [-0.4, -0.2) is 28.5 Å². The molecule has 0 aliphatic heterocycles. The Labute approximate surface area is 164 Å². The molecule has 0 aliphatic carbocycles. The molecule has 3 rings (SSSR count). The Morgan fingerprint density at radius 2 is 1.76 bits per heavy atom. The summed E-state index contributed by atoms with van der Waals surface area (Å²) in [7, 11) is 0. The maximum absolute atomic E-state index is 13.7. The van der Waals surface area contributed by atoms with Crippen molar-refractivity contribution >= 4 is 29.2 Å². The van der Waals surface area contributed by atoms with E-state index in [-0.39, 0.29) is 23.8 Å². The highest BCUT2D eigenvalue weighted by Gasteiger charge is 2.16. The van der Waals surface area contributed by atoms with Crippen LogP contribution < -0.4 is 10.6 Å². The van der Waals surface area contributed by atoms with Crippen LogP contribution in [0.25, 0.3) is 0 Å². The molecule has 29 heavy (non-hydrogen) atoms. The number of amides is 1. The van der Waals surface area contributed by atoms with E-state index in [9.17, 15) is 18.4 Å². The van der Waals surface area contributed by atoms with Crippen molar-refractivity contribution in [2.24, 2.45) is 0 Å². The molecule has 3 aromatic rings. The average molecular weight is 398 g/mol. The summed E-state index contributed by atoms with van der Waals surface area (Å²) in [5.74, 6) is -3.15. The second-order valence-electron chi connectivity index (χ2n) is 5.71. The van der Waals surface area contributed by atoms with Crippen molar-refractivity contribution in [3.8, 4) is 0 Å². The van der Waals surface area contributed by atoms with Gasteiger partial charge in [-0.2, -0.15) is 0 Å². The summed E-state index contributed by atoms with van der Waals surface area (Å²) >= 11 is 0. The molecule has 2 N–H and O–H groups in total. The number of anilines is 3. The predicted octanol–water partition coefficient (Wildman–Crippen LogP) is 3.93. The molecule has 0 unspecified atom stereocenters. The number of nitrogens with one attached hydrogen (secondary N) is 2. The number of benzene rings is 2. The van der Waals surface area contributed by atoms with Gasteiger partial charge >= 0.3 is 5.97 Å². The second kappa shape index (κ2) is 8.87. The van der Waals surface area contributed by atoms with E-state index in [4.69, 9.17) is 4.74 Å². The van der Waals surface area contributed by atoms with E-state index in [1.807, 2.05) is 0 Å². The molecule has 0 saturated heterocycles. The molecule has 0 bridgehead atoms. The standard InChI is InChI=1S/C20H16F2N4O3/c1-2-29-19(28)12-6-3-4-9-15(12)24-20-23-11-10-16(25-20)18(27)26-17-13(21)7-5-8-14(17)22/h3-11H,2H2,1H3,(H,26,27)(H,23,24,25). The Bertz CT molecular complexity index is 1040. The Morgan fingerprint density at radius 3 is 2.48 bits per heavy atom. The Balaban J connectivity index is 1.82. The van der Waals surface area contributed by atoms with Crippen LogP contribution in [0, 0.1) is 11.6 Å². The Hall–Kier alpha value is -3.88. The van der Waals surface area contributed by atoms with E-state index in [1.165, 1.54) is 18.3 Å². The summed E-state index contributed by atoms with van der Waals surface area (Å²) in [5, 5.41) is 4.99. The minimum atomic E-state index is -0.908. The number of aromatic nitrogens is 2. The third-order valence-corrected chi connectivity index (χ3v) is 3.76. The molecule has 7 nitrogen and oxygen atoms in total. The summed E-state index contributed by atoms with van der Waals surface area (Å²) in [4.78, 5) is 32.4. The van der Waals surface area contributed by atoms with Gasteiger partial charge in [-0.15, -0.1) is 0 Å². The first kappa shape index (κ1) is 19.9. The zero-order valence-corrected chi connectivity index (χ0v) is 15.3. The fourth-order valence-electron chi connectivity index (χ4n) is 2.44. The van der Waals surface area contributed by atoms with Gasteiger partial charge in [0, 0.05) is 6.20 Å². The number of carbonyl (C=O) groups excluding carboxylic acids is 2. The van der Waals surface area contributed by atoms with Gasteiger partial charge in [0.05, 0.1) is 17.9 Å². The van der Waals surface area contributed by atoms with Crippen LogP contribution in [0.1, 0.15) is 27.8 Å². The first-order chi connectivity index (χ1) is 14.0. The van der Waals surface area contributed by atoms with E-state index >= 15 is 0 Å². The number of hydrogen-bond donors (Lipinski definition) is 2. The van der Waals surface area contributed by atoms with Crippen LogP contribution in [0.5, 0.6) is 0 Å². The molecule has 1 amide bonds. The maximum atomic E-state index is 13.7. The van der Waals surface area contributed by atoms with Crippen molar-refractivity contribution in [1.82, 2.24) is 9.97 Å². The molecular formula is C20H16F2N4O3. The Kier molecular flexibility index (Phi) is 6.08. The lowest BCUT2D eigenvalue weighted by molar-refractivity contribution is 0.0527. The minimum absolute atomic E-state index is 0.0170. The molecule has 0 fully saturated rings. The maximum Gasteiger partial charge on any atom is 0.340 e. The third kappa shape index (κ3) is 4.70. The number of ether oxygens (including phenoxy) is 1. The number of rotatable bonds is 6. The van der Waals surface area contributed by atoms with E-state index < -0.39 is 29.2 Å². The molecule has 1 aromatic heterocycles. The highest BCUT2D eigenvalue weighted by atomic mass is 19.1. The lowest BCUT2D eigenvalue weighted by atomic mass is 10.2. The number of nitrogens with zero attached hydrogens (tertiary/aromatic N) is 2. The van der Waals surface area contributed by atoms with Crippen molar-refractivity contribution in [2.75, 3.05) is 17.2 Å². The first-order valence-electron chi connectivity index (χ1n) is 8.61. The Morgan fingerprint density at radius 1 is 1.03 bits per heavy atom. The largest absolute Gasteiger partial charge is 0.462 e. The van der Waals surface area contributed by atoms with E-state index in [2.05, 4.69) is 20.6 Å². The van der Waals surface area contributed by atoms with Gasteiger partial charge in [0.25, 0.3) is 5.91 Å². The van der Waals surface area contributed by atoms with Crippen molar-refractivity contribution in [1.29, 1.82) is 0 Å². The van der Waals surface area contributed by atoms with Crippen LogP contribution in [0.4, 0.5) is 26.1 Å². The van der Waals surface area contributed by atoms with Gasteiger partial charge in [0.15, 0.2) is 0 Å². The first-order valence-corrected chi connectivity index (χ1v) is 8.61. The van der Waals surface area contributed by atoms with Crippen molar-refractivity contribution in [3.63, 3.8) is 0 Å². The SMILES string of the molecule is CCOC(=O)c1ccccc1Nc1nccc(C(=O)Nc2c(F)cccc2F)n1. The molecular weight excluding hydrogens is 382 g/mol. The van der Waals surface area contributed by atoms with Gasteiger partial charge in [0.1, 0.15) is 23.0 Å². The van der Waals surface area contributed by atoms with Crippen molar-refractivity contribution in [2.45, 2.75) is 6.92 Å². The molecule has 0 atom stereocenters. The van der Waals surface area contributed by atoms with E-state index in [0.717, 1.165) is 12.1 Å². The number of hydrogen-bond acceptors (Lipinski definition) is 6. The van der Waals surface area contributed by atoms with Gasteiger partial charge in [-0.3, -0.25) is 4.79 Å². The van der Waals surface area contributed by atoms with Gasteiger partial charge in [-0.1, -0.05) is 18.2 Å². The molecule has 1 heterocycles. The predicted molar refractivity (Wildman–Crippen MR) is 102 cm³/mol. The van der Waals surface area contributed by atoms with Crippen molar-refractivity contribution < 1.29 is 23.1 Å². The van der Waals surface area contributed by atoms with E-state index in [1.54, 1.807) is 31.2 Å². The fraction of sp³-hybridized carbons (Fsp3) is 0.100. The van der Waals surface area contributed by atoms with Crippen LogP contribution in [-0.2, 0) is 4.74 Å². The van der Waals surface area contributed by atoms with E-state index in [0.29, 0.717) is 5.69 Å². The van der Waals surface area contributed by atoms with Crippen LogP contribution >= 0.6 is 0 Å². The van der Waals surface area contributed by atoms with Crippen LogP contribution in [0.2, 0.25) is 0 Å². The van der Waals surface area contributed by atoms with Gasteiger partial charge in [-0.05, 0) is 37.3 Å². The molecule has 0 spiro atoms. The zero-order chi connectivity index (χ0) is 20.8. The van der Waals surface area contributed by atoms with Gasteiger partial charge < -0.3 is 15.4 Å². The highest BCUT2D eigenvalue weighted by molar-refractivity contribution is 6.03. The fourth-order valence-corrected chi connectivity index (χ4v) is 2.44. The lowest BCUT2D eigenvalue weighted by Gasteiger charge is -2.11. The molecule has 148 valence electrons. The quantitative estimate of drug-likeness (QED) is 0.611. The van der Waals surface area contributed by atoms with Gasteiger partial charge in [-0.25, -0.2) is 23.5 Å². The second-order valence-corrected chi connectivity index (χ2v) is 5.71. The zero-order valence-electron chi connectivity index (χ0n) is 15.3. The third-order valence-electron chi connectivity index (χ3n) is 3.76. The summed E-state index contributed by atoms with van der Waals surface area (Å²) in [5.41, 5.74) is -0.0538. The summed E-state index contributed by atoms with van der Waals surface area (Å²) in [6, 6.07) is 11.1. The number of carbonyl (C=O) groups is 2. The molecule has 2 aromatic carbocycles. The normalized spacial score (nSPS) is 10.3. The topological polar surface area (TPSA) is 93.2 Å². The lowest BCUT2D eigenvalue weighted by Crippen LogP contribution is -2.17. The molecule has 0 saturated carbocycles. The monoisotopic (exact) mass is 398 g/mol. The number of halogens is 2. The molecule has 0 radical (unpaired) electrons. The summed E-state index contributed by atoms with van der Waals surface area (Å²) in [6.07, 6.45) is 1.30. The number of esters is 1.